The van der Waals surface area contributed by atoms with Crippen LogP contribution in [0.5, 0.6) is 5.75 Å². The maximum atomic E-state index is 6.58. The van der Waals surface area contributed by atoms with E-state index in [4.69, 9.17) is 10.5 Å². The van der Waals surface area contributed by atoms with Crippen LogP contribution in [0.1, 0.15) is 38.0 Å². The molecule has 0 spiro atoms. The molecule has 4 heteroatoms. The van der Waals surface area contributed by atoms with E-state index in [2.05, 4.69) is 32.0 Å². The molecular formula is C17H21NOS2. The van der Waals surface area contributed by atoms with Crippen LogP contribution in [0.2, 0.25) is 0 Å². The quantitative estimate of drug-likeness (QED) is 0.920. The molecule has 2 heterocycles. The smallest absolute Gasteiger partial charge is 0.124 e. The largest absolute Gasteiger partial charge is 0.496 e. The van der Waals surface area contributed by atoms with E-state index in [-0.39, 0.29) is 6.04 Å². The van der Waals surface area contributed by atoms with Gasteiger partial charge >= 0.3 is 0 Å². The van der Waals surface area contributed by atoms with Gasteiger partial charge in [-0.25, -0.2) is 0 Å². The Bertz CT molecular complexity index is 640. The van der Waals surface area contributed by atoms with Crippen molar-refractivity contribution in [2.45, 2.75) is 32.1 Å². The highest BCUT2D eigenvalue weighted by molar-refractivity contribution is 7.98. The normalized spacial score (nSPS) is 15.6. The Balaban J connectivity index is 2.02. The number of aryl methyl sites for hydroxylation is 3. The van der Waals surface area contributed by atoms with Crippen molar-refractivity contribution in [2.75, 3.05) is 12.9 Å². The first-order valence-corrected chi connectivity index (χ1v) is 9.17. The summed E-state index contributed by atoms with van der Waals surface area (Å²) in [5.74, 6) is 3.26. The Labute approximate surface area is 134 Å². The Morgan fingerprint density at radius 3 is 2.76 bits per heavy atom. The second kappa shape index (κ2) is 6.03. The Hall–Kier alpha value is -0.970. The highest BCUT2D eigenvalue weighted by Gasteiger charge is 2.22. The van der Waals surface area contributed by atoms with Gasteiger partial charge in [0, 0.05) is 21.1 Å². The minimum absolute atomic E-state index is 0.0962. The van der Waals surface area contributed by atoms with Crippen molar-refractivity contribution < 1.29 is 4.74 Å². The summed E-state index contributed by atoms with van der Waals surface area (Å²) in [7, 11) is 1.72. The number of benzene rings is 1. The van der Waals surface area contributed by atoms with E-state index in [1.165, 1.54) is 38.6 Å². The number of thiophene rings is 1. The Kier molecular flexibility index (Phi) is 4.29. The lowest BCUT2D eigenvalue weighted by atomic mass is 9.97. The van der Waals surface area contributed by atoms with Gasteiger partial charge in [0.2, 0.25) is 0 Å². The van der Waals surface area contributed by atoms with E-state index in [1.54, 1.807) is 7.11 Å². The molecule has 0 aliphatic carbocycles. The maximum absolute atomic E-state index is 6.58. The summed E-state index contributed by atoms with van der Waals surface area (Å²) < 4.78 is 5.57. The molecule has 1 aromatic carbocycles. The molecule has 21 heavy (non-hydrogen) atoms. The maximum Gasteiger partial charge on any atom is 0.124 e. The van der Waals surface area contributed by atoms with Crippen molar-refractivity contribution in [3.63, 3.8) is 0 Å². The number of fused-ring (bicyclic) bond motifs is 1. The summed E-state index contributed by atoms with van der Waals surface area (Å²) in [5, 5.41) is 0. The number of ether oxygens (including phenoxy) is 1. The van der Waals surface area contributed by atoms with Gasteiger partial charge in [0.15, 0.2) is 0 Å². The molecule has 2 N–H and O–H groups in total. The van der Waals surface area contributed by atoms with Crippen LogP contribution in [0.25, 0.3) is 0 Å². The van der Waals surface area contributed by atoms with Gasteiger partial charge in [-0.15, -0.1) is 11.3 Å². The van der Waals surface area contributed by atoms with Crippen LogP contribution >= 0.6 is 23.1 Å². The van der Waals surface area contributed by atoms with Crippen molar-refractivity contribution in [3.8, 4) is 5.75 Å². The number of thioether (sulfide) groups is 1. The van der Waals surface area contributed by atoms with E-state index in [1.807, 2.05) is 23.1 Å². The molecule has 1 atom stereocenters. The number of hydrogen-bond acceptors (Lipinski definition) is 4. The van der Waals surface area contributed by atoms with Crippen molar-refractivity contribution in [2.24, 2.45) is 5.73 Å². The topological polar surface area (TPSA) is 35.2 Å². The number of nitrogens with two attached hydrogens (primary N) is 1. The zero-order valence-electron chi connectivity index (χ0n) is 12.7. The van der Waals surface area contributed by atoms with Crippen LogP contribution in [0.15, 0.2) is 18.2 Å². The van der Waals surface area contributed by atoms with Crippen LogP contribution in [-0.2, 0) is 12.2 Å². The fourth-order valence-electron chi connectivity index (χ4n) is 2.97. The van der Waals surface area contributed by atoms with Crippen molar-refractivity contribution >= 4 is 23.1 Å². The first-order valence-electron chi connectivity index (χ1n) is 7.20. The monoisotopic (exact) mass is 319 g/mol. The molecule has 0 bridgehead atoms. The summed E-state index contributed by atoms with van der Waals surface area (Å²) in [5.41, 5.74) is 11.6. The fourth-order valence-corrected chi connectivity index (χ4v) is 5.36. The summed E-state index contributed by atoms with van der Waals surface area (Å²) in [6, 6.07) is 6.46. The third-order valence-corrected chi connectivity index (χ3v) is 6.31. The number of hydrogen-bond donors (Lipinski definition) is 1. The van der Waals surface area contributed by atoms with Crippen LogP contribution in [0.4, 0.5) is 0 Å². The molecule has 0 saturated heterocycles. The lowest BCUT2D eigenvalue weighted by Crippen LogP contribution is -2.13. The van der Waals surface area contributed by atoms with E-state index < -0.39 is 0 Å². The van der Waals surface area contributed by atoms with Crippen molar-refractivity contribution in [1.29, 1.82) is 0 Å². The molecule has 1 unspecified atom stereocenters. The Morgan fingerprint density at radius 2 is 2.05 bits per heavy atom. The average Bonchev–Trinajstić information content (AvgIpc) is 2.89. The summed E-state index contributed by atoms with van der Waals surface area (Å²) in [4.78, 5) is 2.77. The van der Waals surface area contributed by atoms with Gasteiger partial charge in [0.05, 0.1) is 13.2 Å². The van der Waals surface area contributed by atoms with E-state index in [0.29, 0.717) is 0 Å². The predicted molar refractivity (Wildman–Crippen MR) is 92.7 cm³/mol. The molecule has 1 aliphatic rings. The van der Waals surface area contributed by atoms with E-state index in [9.17, 15) is 0 Å². The van der Waals surface area contributed by atoms with Crippen LogP contribution in [0, 0.1) is 13.8 Å². The standard InChI is InChI=1S/C17H21NOS2/c1-10-6-11(2)16(13(7-10)19-3)17(18)15-8-12-9-20-5-4-14(12)21-15/h6-8,17H,4-5,9,18H2,1-3H3. The fraction of sp³-hybridized carbons (Fsp3) is 0.412. The molecule has 2 nitrogen and oxygen atoms in total. The van der Waals surface area contributed by atoms with Crippen LogP contribution in [-0.4, -0.2) is 12.9 Å². The zero-order chi connectivity index (χ0) is 15.0. The molecular weight excluding hydrogens is 298 g/mol. The highest BCUT2D eigenvalue weighted by atomic mass is 32.2. The van der Waals surface area contributed by atoms with Gasteiger partial charge in [0.1, 0.15) is 5.75 Å². The van der Waals surface area contributed by atoms with Crippen molar-refractivity contribution in [1.82, 2.24) is 0 Å². The molecule has 0 amide bonds. The van der Waals surface area contributed by atoms with Crippen LogP contribution < -0.4 is 10.5 Å². The third-order valence-electron chi connectivity index (χ3n) is 3.98. The summed E-state index contributed by atoms with van der Waals surface area (Å²) in [6.45, 7) is 4.21. The average molecular weight is 319 g/mol. The van der Waals surface area contributed by atoms with E-state index >= 15 is 0 Å². The minimum atomic E-state index is -0.0962. The first-order chi connectivity index (χ1) is 10.1. The first kappa shape index (κ1) is 14.9. The molecule has 1 aromatic heterocycles. The second-order valence-corrected chi connectivity index (χ2v) is 7.85. The Morgan fingerprint density at radius 1 is 1.24 bits per heavy atom. The van der Waals surface area contributed by atoms with Gasteiger partial charge < -0.3 is 10.5 Å². The second-order valence-electron chi connectivity index (χ2n) is 5.58. The third kappa shape index (κ3) is 2.85. The van der Waals surface area contributed by atoms with Gasteiger partial charge in [-0.2, -0.15) is 11.8 Å². The number of rotatable bonds is 3. The summed E-state index contributed by atoms with van der Waals surface area (Å²) in [6.07, 6.45) is 1.18. The van der Waals surface area contributed by atoms with Gasteiger partial charge in [0.25, 0.3) is 0 Å². The minimum Gasteiger partial charge on any atom is -0.496 e. The molecule has 0 fully saturated rings. The molecule has 1 aliphatic heterocycles. The van der Waals surface area contributed by atoms with Gasteiger partial charge in [-0.3, -0.25) is 0 Å². The number of methoxy groups -OCH3 is 1. The van der Waals surface area contributed by atoms with Crippen molar-refractivity contribution in [3.05, 3.63) is 50.2 Å². The molecule has 2 aromatic rings. The lowest BCUT2D eigenvalue weighted by molar-refractivity contribution is 0.407. The molecule has 0 saturated carbocycles. The highest BCUT2D eigenvalue weighted by Crippen LogP contribution is 2.39. The molecule has 3 rings (SSSR count). The summed E-state index contributed by atoms with van der Waals surface area (Å²) >= 11 is 3.89. The van der Waals surface area contributed by atoms with Crippen LogP contribution in [0.3, 0.4) is 0 Å². The zero-order valence-corrected chi connectivity index (χ0v) is 14.4. The van der Waals surface area contributed by atoms with E-state index in [0.717, 1.165) is 17.1 Å². The predicted octanol–water partition coefficient (Wildman–Crippen LogP) is 4.21. The van der Waals surface area contributed by atoms with Gasteiger partial charge in [-0.05, 0) is 54.8 Å². The lowest BCUT2D eigenvalue weighted by Gasteiger charge is -2.18. The van der Waals surface area contributed by atoms with Gasteiger partial charge in [-0.1, -0.05) is 6.07 Å². The SMILES string of the molecule is COc1cc(C)cc(C)c1C(N)c1cc2c(s1)CCSC2. The molecule has 0 radical (unpaired) electrons. The molecule has 112 valence electrons.